The van der Waals surface area contributed by atoms with Gasteiger partial charge in [0.1, 0.15) is 5.82 Å². The number of nitrogens with zero attached hydrogens (tertiary/aromatic N) is 3. The van der Waals surface area contributed by atoms with Crippen LogP contribution in [0, 0.1) is 0 Å². The highest BCUT2D eigenvalue weighted by molar-refractivity contribution is 6.09. The van der Waals surface area contributed by atoms with Crippen LogP contribution in [0.4, 0.5) is 13.2 Å². The van der Waals surface area contributed by atoms with Crippen LogP contribution in [0.15, 0.2) is 47.7 Å². The molecule has 1 aliphatic carbocycles. The van der Waals surface area contributed by atoms with Crippen molar-refractivity contribution in [1.82, 2.24) is 20.3 Å². The highest BCUT2D eigenvalue weighted by Crippen LogP contribution is 2.32. The Kier molecular flexibility index (Phi) is 5.42. The third kappa shape index (κ3) is 4.38. The first-order chi connectivity index (χ1) is 15.5. The summed E-state index contributed by atoms with van der Waals surface area (Å²) in [4.78, 5) is 16.2. The van der Waals surface area contributed by atoms with Gasteiger partial charge in [0.05, 0.1) is 28.4 Å². The van der Waals surface area contributed by atoms with Crippen molar-refractivity contribution in [2.75, 3.05) is 0 Å². The van der Waals surface area contributed by atoms with Crippen molar-refractivity contribution in [3.63, 3.8) is 0 Å². The SMILES string of the molecule is FC(F)(F)c1ccc2nc(-c3ccc(C4=CNC(OC5CCCCC5)N=C4)nc3)[nH]c2c1. The smallest absolute Gasteiger partial charge is 0.347 e. The van der Waals surface area contributed by atoms with Gasteiger partial charge in [-0.2, -0.15) is 13.2 Å². The number of aromatic amines is 1. The molecule has 0 radical (unpaired) electrons. The minimum Gasteiger partial charge on any atom is -0.347 e. The van der Waals surface area contributed by atoms with Crippen molar-refractivity contribution in [1.29, 1.82) is 0 Å². The zero-order valence-corrected chi connectivity index (χ0v) is 17.2. The molecular weight excluding hydrogens is 419 g/mol. The maximum Gasteiger partial charge on any atom is 0.416 e. The standard InChI is InChI=1S/C23H22F3N5O/c24-23(25,26)16-7-9-19-20(10-16)31-21(30-19)14-6-8-18(27-11-14)15-12-28-22(29-13-15)32-17-4-2-1-3-5-17/h6-13,17,22,28H,1-5H2,(H,30,31). The Morgan fingerprint density at radius 3 is 2.56 bits per heavy atom. The maximum atomic E-state index is 12.9. The first-order valence-corrected chi connectivity index (χ1v) is 10.6. The van der Waals surface area contributed by atoms with Gasteiger partial charge in [0, 0.05) is 29.7 Å². The number of hydrogen-bond acceptors (Lipinski definition) is 5. The third-order valence-electron chi connectivity index (χ3n) is 5.75. The van der Waals surface area contributed by atoms with E-state index in [1.165, 1.54) is 25.3 Å². The van der Waals surface area contributed by atoms with Crippen LogP contribution in [0.2, 0.25) is 0 Å². The van der Waals surface area contributed by atoms with Crippen LogP contribution in [0.25, 0.3) is 28.0 Å². The summed E-state index contributed by atoms with van der Waals surface area (Å²) in [5.74, 6) is 0.462. The summed E-state index contributed by atoms with van der Waals surface area (Å²) >= 11 is 0. The average molecular weight is 441 g/mol. The second-order valence-electron chi connectivity index (χ2n) is 8.04. The molecule has 3 heterocycles. The monoisotopic (exact) mass is 441 g/mol. The van der Waals surface area contributed by atoms with Crippen LogP contribution >= 0.6 is 0 Å². The number of nitrogens with one attached hydrogen (secondary N) is 2. The lowest BCUT2D eigenvalue weighted by Crippen LogP contribution is -2.33. The fourth-order valence-electron chi connectivity index (χ4n) is 4.01. The number of rotatable bonds is 4. The topological polar surface area (TPSA) is 75.2 Å². The van der Waals surface area contributed by atoms with Gasteiger partial charge in [0.2, 0.25) is 6.35 Å². The number of ether oxygens (including phenoxy) is 1. The summed E-state index contributed by atoms with van der Waals surface area (Å²) in [5.41, 5.74) is 2.30. The molecule has 6 nitrogen and oxygen atoms in total. The Labute approximate surface area is 182 Å². The molecule has 0 bridgehead atoms. The zero-order valence-electron chi connectivity index (χ0n) is 17.2. The molecule has 2 N–H and O–H groups in total. The van der Waals surface area contributed by atoms with Gasteiger partial charge in [-0.05, 0) is 43.2 Å². The fourth-order valence-corrected chi connectivity index (χ4v) is 4.01. The lowest BCUT2D eigenvalue weighted by atomic mass is 9.98. The van der Waals surface area contributed by atoms with E-state index in [0.717, 1.165) is 36.2 Å². The number of imidazole rings is 1. The van der Waals surface area contributed by atoms with Crippen molar-refractivity contribution in [2.45, 2.75) is 50.7 Å². The Bertz CT molecular complexity index is 1160. The summed E-state index contributed by atoms with van der Waals surface area (Å²) in [5, 5.41) is 3.16. The van der Waals surface area contributed by atoms with Crippen LogP contribution in [0.3, 0.4) is 0 Å². The number of benzene rings is 1. The predicted octanol–water partition coefficient (Wildman–Crippen LogP) is 5.29. The van der Waals surface area contributed by atoms with E-state index in [9.17, 15) is 13.2 Å². The number of halogens is 3. The van der Waals surface area contributed by atoms with Crippen molar-refractivity contribution in [3.8, 4) is 11.4 Å². The molecule has 9 heteroatoms. The molecule has 1 unspecified atom stereocenters. The van der Waals surface area contributed by atoms with Gasteiger partial charge in [0.25, 0.3) is 0 Å². The molecule has 166 valence electrons. The van der Waals surface area contributed by atoms with E-state index >= 15 is 0 Å². The average Bonchev–Trinajstić information content (AvgIpc) is 3.23. The normalized spacial score (nSPS) is 19.7. The van der Waals surface area contributed by atoms with Gasteiger partial charge in [0.15, 0.2) is 0 Å². The highest BCUT2D eigenvalue weighted by Gasteiger charge is 2.30. The quantitative estimate of drug-likeness (QED) is 0.577. The Morgan fingerprint density at radius 2 is 1.88 bits per heavy atom. The lowest BCUT2D eigenvalue weighted by molar-refractivity contribution is -0.137. The summed E-state index contributed by atoms with van der Waals surface area (Å²) in [7, 11) is 0. The van der Waals surface area contributed by atoms with E-state index < -0.39 is 11.7 Å². The number of aliphatic imine (C=N–C) groups is 1. The molecule has 5 rings (SSSR count). The molecule has 2 aliphatic rings. The second kappa shape index (κ2) is 8.38. The minimum absolute atomic E-state index is 0.252. The van der Waals surface area contributed by atoms with E-state index in [-0.39, 0.29) is 12.5 Å². The molecule has 32 heavy (non-hydrogen) atoms. The number of pyridine rings is 1. The highest BCUT2D eigenvalue weighted by atomic mass is 19.4. The van der Waals surface area contributed by atoms with Crippen LogP contribution in [0.5, 0.6) is 0 Å². The van der Waals surface area contributed by atoms with Gasteiger partial charge < -0.3 is 15.0 Å². The van der Waals surface area contributed by atoms with Gasteiger partial charge in [-0.25, -0.2) is 9.98 Å². The van der Waals surface area contributed by atoms with E-state index in [2.05, 4.69) is 25.3 Å². The maximum absolute atomic E-state index is 12.9. The van der Waals surface area contributed by atoms with E-state index in [1.54, 1.807) is 12.4 Å². The van der Waals surface area contributed by atoms with Crippen molar-refractivity contribution in [2.24, 2.45) is 4.99 Å². The number of fused-ring (bicyclic) bond motifs is 1. The number of allylic oxidation sites excluding steroid dienone is 1. The Morgan fingerprint density at radius 1 is 1.03 bits per heavy atom. The molecule has 0 amide bonds. The van der Waals surface area contributed by atoms with Gasteiger partial charge in [-0.15, -0.1) is 0 Å². The predicted molar refractivity (Wildman–Crippen MR) is 116 cm³/mol. The van der Waals surface area contributed by atoms with E-state index in [1.807, 2.05) is 18.3 Å². The van der Waals surface area contributed by atoms with Crippen LogP contribution in [-0.2, 0) is 10.9 Å². The largest absolute Gasteiger partial charge is 0.416 e. The third-order valence-corrected chi connectivity index (χ3v) is 5.75. The Hall–Kier alpha value is -3.20. The van der Waals surface area contributed by atoms with Gasteiger partial charge in [-0.1, -0.05) is 19.3 Å². The summed E-state index contributed by atoms with van der Waals surface area (Å²) in [6.45, 7) is 0. The van der Waals surface area contributed by atoms with Crippen LogP contribution in [-0.4, -0.2) is 33.6 Å². The van der Waals surface area contributed by atoms with Gasteiger partial charge >= 0.3 is 6.18 Å². The molecule has 2 aromatic heterocycles. The minimum atomic E-state index is -4.40. The summed E-state index contributed by atoms with van der Waals surface area (Å²) in [6.07, 6.45) is 6.52. The fraction of sp³-hybridized carbons (Fsp3) is 0.348. The van der Waals surface area contributed by atoms with Gasteiger partial charge in [-0.3, -0.25) is 4.98 Å². The Balaban J connectivity index is 1.28. The number of alkyl halides is 3. The van der Waals surface area contributed by atoms with Crippen molar-refractivity contribution < 1.29 is 17.9 Å². The molecule has 1 atom stereocenters. The molecule has 3 aromatic rings. The number of aromatic nitrogens is 3. The molecule has 1 aliphatic heterocycles. The van der Waals surface area contributed by atoms with Crippen molar-refractivity contribution in [3.05, 3.63) is 54.0 Å². The number of H-pyrrole nitrogens is 1. The summed E-state index contributed by atoms with van der Waals surface area (Å²) in [6, 6.07) is 7.10. The van der Waals surface area contributed by atoms with Crippen LogP contribution in [0.1, 0.15) is 43.4 Å². The molecule has 1 fully saturated rings. The van der Waals surface area contributed by atoms with Crippen molar-refractivity contribution >= 4 is 22.8 Å². The molecule has 1 saturated carbocycles. The molecule has 0 saturated heterocycles. The lowest BCUT2D eigenvalue weighted by Gasteiger charge is -2.27. The van der Waals surface area contributed by atoms with E-state index in [4.69, 9.17) is 4.74 Å². The molecular formula is C23H22F3N5O. The first-order valence-electron chi connectivity index (χ1n) is 10.6. The summed E-state index contributed by atoms with van der Waals surface area (Å²) < 4.78 is 44.8. The van der Waals surface area contributed by atoms with Crippen LogP contribution < -0.4 is 5.32 Å². The zero-order chi connectivity index (χ0) is 22.1. The molecule has 1 aromatic carbocycles. The van der Waals surface area contributed by atoms with E-state index in [0.29, 0.717) is 22.4 Å². The number of hydrogen-bond donors (Lipinski definition) is 2. The second-order valence-corrected chi connectivity index (χ2v) is 8.04. The first kappa shape index (κ1) is 20.7. The molecule has 0 spiro atoms.